The molecule has 0 saturated carbocycles. The number of ether oxygens (including phenoxy) is 1. The van der Waals surface area contributed by atoms with E-state index in [1.165, 1.54) is 41.7 Å². The van der Waals surface area contributed by atoms with Crippen LogP contribution in [0.15, 0.2) is 60.0 Å². The number of thiazole rings is 1. The number of nitrogens with zero attached hydrogens (tertiary/aromatic N) is 1. The molecule has 0 atom stereocenters. The van der Waals surface area contributed by atoms with Crippen LogP contribution in [0.3, 0.4) is 0 Å². The Kier molecular flexibility index (Phi) is 6.01. The lowest BCUT2D eigenvalue weighted by Crippen LogP contribution is -2.31. The molecule has 7 nitrogen and oxygen atoms in total. The highest BCUT2D eigenvalue weighted by Crippen LogP contribution is 2.26. The Labute approximate surface area is 183 Å². The Morgan fingerprint density at radius 1 is 1.00 bits per heavy atom. The van der Waals surface area contributed by atoms with E-state index in [2.05, 4.69) is 15.6 Å². The number of amides is 3. The molecule has 2 N–H and O–H groups in total. The highest BCUT2D eigenvalue weighted by Gasteiger charge is 2.20. The van der Waals surface area contributed by atoms with Gasteiger partial charge in [-0.25, -0.2) is 14.2 Å². The average Bonchev–Trinajstić information content (AvgIpc) is 3.40. The number of aromatic nitrogens is 1. The van der Waals surface area contributed by atoms with Gasteiger partial charge in [-0.15, -0.1) is 22.7 Å². The maximum absolute atomic E-state index is 12.9. The molecule has 156 valence electrons. The number of carbonyl (C=O) groups is 3. The van der Waals surface area contributed by atoms with E-state index in [9.17, 15) is 18.8 Å². The fourth-order valence-electron chi connectivity index (χ4n) is 2.64. The molecule has 0 aliphatic heterocycles. The van der Waals surface area contributed by atoms with Crippen molar-refractivity contribution in [3.05, 3.63) is 81.9 Å². The summed E-state index contributed by atoms with van der Waals surface area (Å²) < 4.78 is 18.8. The lowest BCUT2D eigenvalue weighted by atomic mass is 10.2. The van der Waals surface area contributed by atoms with Crippen LogP contribution in [0.1, 0.15) is 25.7 Å². The van der Waals surface area contributed by atoms with Gasteiger partial charge in [-0.1, -0.05) is 24.3 Å². The molecule has 3 amide bonds. The first-order chi connectivity index (χ1) is 15.0. The summed E-state index contributed by atoms with van der Waals surface area (Å²) in [6, 6.07) is 14.3. The van der Waals surface area contributed by atoms with Crippen LogP contribution in [-0.2, 0) is 11.3 Å². The van der Waals surface area contributed by atoms with Crippen molar-refractivity contribution in [2.24, 2.45) is 0 Å². The zero-order valence-electron chi connectivity index (χ0n) is 15.8. The predicted molar refractivity (Wildman–Crippen MR) is 116 cm³/mol. The first kappa shape index (κ1) is 20.6. The molecule has 2 heterocycles. The predicted octanol–water partition coefficient (Wildman–Crippen LogP) is 4.82. The minimum absolute atomic E-state index is 0.121. The summed E-state index contributed by atoms with van der Waals surface area (Å²) in [5.41, 5.74) is 1.41. The number of hydrogen-bond donors (Lipinski definition) is 2. The SMILES string of the molecule is O=C(NC(=O)c1ccsc1NC(=O)c1nc2ccccc2s1)OCc1ccc(F)cc1. The molecule has 0 fully saturated rings. The molecule has 0 aliphatic carbocycles. The quantitative estimate of drug-likeness (QED) is 0.450. The van der Waals surface area contributed by atoms with Gasteiger partial charge in [0.05, 0.1) is 15.8 Å². The van der Waals surface area contributed by atoms with Crippen molar-refractivity contribution in [1.29, 1.82) is 0 Å². The highest BCUT2D eigenvalue weighted by molar-refractivity contribution is 7.20. The second-order valence-electron chi connectivity index (χ2n) is 6.26. The Bertz CT molecular complexity index is 1230. The van der Waals surface area contributed by atoms with E-state index in [1.807, 2.05) is 24.3 Å². The van der Waals surface area contributed by atoms with Crippen LogP contribution in [0, 0.1) is 5.82 Å². The first-order valence-electron chi connectivity index (χ1n) is 8.96. The minimum Gasteiger partial charge on any atom is -0.444 e. The van der Waals surface area contributed by atoms with Gasteiger partial charge in [0.2, 0.25) is 0 Å². The number of fused-ring (bicyclic) bond motifs is 1. The number of nitrogens with one attached hydrogen (secondary N) is 2. The Balaban J connectivity index is 1.37. The van der Waals surface area contributed by atoms with Crippen molar-refractivity contribution in [2.45, 2.75) is 6.61 Å². The van der Waals surface area contributed by atoms with E-state index in [-0.39, 0.29) is 22.2 Å². The fraction of sp³-hybridized carbons (Fsp3) is 0.0476. The molecule has 2 aromatic heterocycles. The Hall–Kier alpha value is -3.63. The maximum atomic E-state index is 12.9. The summed E-state index contributed by atoms with van der Waals surface area (Å²) in [7, 11) is 0. The number of alkyl carbamates (subject to hydrolysis) is 1. The van der Waals surface area contributed by atoms with Crippen LogP contribution >= 0.6 is 22.7 Å². The average molecular weight is 455 g/mol. The number of rotatable bonds is 5. The summed E-state index contributed by atoms with van der Waals surface area (Å²) in [5.74, 6) is -1.57. The van der Waals surface area contributed by atoms with E-state index < -0.39 is 23.7 Å². The van der Waals surface area contributed by atoms with Crippen LogP contribution < -0.4 is 10.6 Å². The lowest BCUT2D eigenvalue weighted by Gasteiger charge is -2.07. The topological polar surface area (TPSA) is 97.4 Å². The lowest BCUT2D eigenvalue weighted by molar-refractivity contribution is 0.0913. The van der Waals surface area contributed by atoms with Crippen molar-refractivity contribution in [3.63, 3.8) is 0 Å². The summed E-state index contributed by atoms with van der Waals surface area (Å²) in [6.45, 7) is -0.121. The summed E-state index contributed by atoms with van der Waals surface area (Å²) >= 11 is 2.38. The smallest absolute Gasteiger partial charge is 0.414 e. The Morgan fingerprint density at radius 2 is 1.77 bits per heavy atom. The molecule has 0 radical (unpaired) electrons. The van der Waals surface area contributed by atoms with Crippen LogP contribution in [0.2, 0.25) is 0 Å². The molecule has 0 aliphatic rings. The third kappa shape index (κ3) is 4.93. The van der Waals surface area contributed by atoms with Crippen molar-refractivity contribution >= 4 is 55.8 Å². The number of imide groups is 1. The van der Waals surface area contributed by atoms with Gasteiger partial charge in [-0.05, 0) is 41.3 Å². The van der Waals surface area contributed by atoms with Gasteiger partial charge in [0.25, 0.3) is 11.8 Å². The number of halogens is 1. The van der Waals surface area contributed by atoms with Gasteiger partial charge in [0.15, 0.2) is 5.01 Å². The van der Waals surface area contributed by atoms with Gasteiger partial charge in [0, 0.05) is 0 Å². The van der Waals surface area contributed by atoms with Crippen molar-refractivity contribution in [1.82, 2.24) is 10.3 Å². The van der Waals surface area contributed by atoms with Gasteiger partial charge in [-0.2, -0.15) is 0 Å². The van der Waals surface area contributed by atoms with E-state index in [0.29, 0.717) is 11.1 Å². The number of hydrogen-bond acceptors (Lipinski definition) is 7. The maximum Gasteiger partial charge on any atom is 0.414 e. The zero-order chi connectivity index (χ0) is 21.8. The van der Waals surface area contributed by atoms with Crippen molar-refractivity contribution in [3.8, 4) is 0 Å². The van der Waals surface area contributed by atoms with Gasteiger partial charge in [-0.3, -0.25) is 14.9 Å². The fourth-order valence-corrected chi connectivity index (χ4v) is 4.28. The molecular formula is C21H14FN3O4S2. The van der Waals surface area contributed by atoms with E-state index >= 15 is 0 Å². The van der Waals surface area contributed by atoms with Gasteiger partial charge in [0.1, 0.15) is 17.4 Å². The summed E-state index contributed by atoms with van der Waals surface area (Å²) in [5, 5.41) is 6.94. The normalized spacial score (nSPS) is 10.6. The molecule has 0 spiro atoms. The monoisotopic (exact) mass is 455 g/mol. The largest absolute Gasteiger partial charge is 0.444 e. The van der Waals surface area contributed by atoms with E-state index in [0.717, 1.165) is 16.0 Å². The van der Waals surface area contributed by atoms with Crippen LogP contribution in [0.5, 0.6) is 0 Å². The molecular weight excluding hydrogens is 441 g/mol. The molecule has 31 heavy (non-hydrogen) atoms. The third-order valence-corrected chi connectivity index (χ3v) is 5.99. The Morgan fingerprint density at radius 3 is 2.55 bits per heavy atom. The summed E-state index contributed by atoms with van der Waals surface area (Å²) in [6.07, 6.45) is -0.955. The molecule has 0 bridgehead atoms. The van der Waals surface area contributed by atoms with Crippen LogP contribution in [0.4, 0.5) is 14.2 Å². The number of benzene rings is 2. The first-order valence-corrected chi connectivity index (χ1v) is 10.7. The standard InChI is InChI=1S/C21H14FN3O4S2/c22-13-7-5-12(6-8-13)11-29-21(28)25-17(26)14-9-10-30-19(14)24-18(27)20-23-15-3-1-2-4-16(15)31-20/h1-10H,11H2,(H,24,27)(H,25,26,28). The second kappa shape index (κ2) is 9.02. The van der Waals surface area contributed by atoms with Crippen LogP contribution in [0.25, 0.3) is 10.2 Å². The summed E-state index contributed by atoms with van der Waals surface area (Å²) in [4.78, 5) is 41.2. The second-order valence-corrected chi connectivity index (χ2v) is 8.21. The third-order valence-electron chi connectivity index (χ3n) is 4.12. The minimum atomic E-state index is -0.955. The van der Waals surface area contributed by atoms with Crippen molar-refractivity contribution < 1.29 is 23.5 Å². The van der Waals surface area contributed by atoms with Gasteiger partial charge >= 0.3 is 6.09 Å². The molecule has 0 unspecified atom stereocenters. The zero-order valence-corrected chi connectivity index (χ0v) is 17.4. The molecule has 0 saturated heterocycles. The molecule has 4 rings (SSSR count). The van der Waals surface area contributed by atoms with Crippen LogP contribution in [-0.4, -0.2) is 22.9 Å². The number of thiophene rings is 1. The molecule has 10 heteroatoms. The van der Waals surface area contributed by atoms with E-state index in [1.54, 1.807) is 5.38 Å². The number of carbonyl (C=O) groups excluding carboxylic acids is 3. The molecule has 2 aromatic carbocycles. The number of para-hydroxylation sites is 1. The molecule has 4 aromatic rings. The van der Waals surface area contributed by atoms with Crippen molar-refractivity contribution in [2.75, 3.05) is 5.32 Å². The van der Waals surface area contributed by atoms with Gasteiger partial charge < -0.3 is 10.1 Å². The number of anilines is 1. The highest BCUT2D eigenvalue weighted by atomic mass is 32.1. The van der Waals surface area contributed by atoms with E-state index in [4.69, 9.17) is 4.74 Å².